The van der Waals surface area contributed by atoms with Crippen molar-refractivity contribution >= 4 is 24.3 Å². The second-order valence-corrected chi connectivity index (χ2v) is 6.04. The fraction of sp³-hybridized carbons (Fsp3) is 0.857. The lowest BCUT2D eigenvalue weighted by Crippen LogP contribution is -2.50. The number of hydrogen-bond acceptors (Lipinski definition) is 3. The minimum absolute atomic E-state index is 0. The van der Waals surface area contributed by atoms with Crippen molar-refractivity contribution in [3.05, 3.63) is 0 Å². The van der Waals surface area contributed by atoms with E-state index in [1.165, 1.54) is 0 Å². The molecule has 2 rings (SSSR count). The van der Waals surface area contributed by atoms with Crippen LogP contribution in [0.4, 0.5) is 4.79 Å². The van der Waals surface area contributed by atoms with E-state index in [0.717, 1.165) is 45.1 Å². The van der Waals surface area contributed by atoms with Gasteiger partial charge in [0.25, 0.3) is 0 Å². The van der Waals surface area contributed by atoms with Gasteiger partial charge in [-0.05, 0) is 38.0 Å². The van der Waals surface area contributed by atoms with Crippen molar-refractivity contribution < 1.29 is 9.59 Å². The van der Waals surface area contributed by atoms with Gasteiger partial charge >= 0.3 is 6.03 Å². The Labute approximate surface area is 132 Å². The molecule has 7 heteroatoms. The highest BCUT2D eigenvalue weighted by Gasteiger charge is 2.31. The smallest absolute Gasteiger partial charge is 0.312 e. The molecule has 0 aromatic carbocycles. The standard InChI is InChI=1S/C14H26N4O2.ClH/c15-12-6-3-4-10(12)8-13(19)18-7-2-1-5-11(18)9-17-14(16)20;/h10-12H,1-9,15H2,(H3,16,17,20);1H/t10-,11?,12+;/m0./s1. The molecule has 2 aliphatic rings. The molecule has 1 aliphatic carbocycles. The molecule has 122 valence electrons. The van der Waals surface area contributed by atoms with Gasteiger partial charge in [0.2, 0.25) is 5.91 Å². The highest BCUT2D eigenvalue weighted by molar-refractivity contribution is 5.85. The molecule has 0 radical (unpaired) electrons. The van der Waals surface area contributed by atoms with Gasteiger partial charge in [-0.15, -0.1) is 12.4 Å². The van der Waals surface area contributed by atoms with Crippen molar-refractivity contribution in [1.82, 2.24) is 10.2 Å². The first-order valence-corrected chi connectivity index (χ1v) is 7.66. The van der Waals surface area contributed by atoms with E-state index in [1.807, 2.05) is 4.90 Å². The van der Waals surface area contributed by atoms with Crippen LogP contribution in [-0.2, 0) is 4.79 Å². The molecule has 1 saturated heterocycles. The zero-order valence-electron chi connectivity index (χ0n) is 12.4. The Morgan fingerprint density at radius 3 is 2.52 bits per heavy atom. The molecule has 3 atom stereocenters. The summed E-state index contributed by atoms with van der Waals surface area (Å²) in [6.45, 7) is 1.24. The van der Waals surface area contributed by atoms with Crippen LogP contribution in [-0.4, -0.2) is 42.0 Å². The SMILES string of the molecule is Cl.NC(=O)NCC1CCCCN1C(=O)C[C@@H]1CCC[C@H]1N. The van der Waals surface area contributed by atoms with Crippen LogP contribution in [0.15, 0.2) is 0 Å². The van der Waals surface area contributed by atoms with E-state index in [4.69, 9.17) is 11.5 Å². The summed E-state index contributed by atoms with van der Waals surface area (Å²) in [4.78, 5) is 25.2. The van der Waals surface area contributed by atoms with E-state index in [1.54, 1.807) is 0 Å². The molecule has 21 heavy (non-hydrogen) atoms. The fourth-order valence-electron chi connectivity index (χ4n) is 3.42. The van der Waals surface area contributed by atoms with Gasteiger partial charge in [0.1, 0.15) is 0 Å². The number of likely N-dealkylation sites (tertiary alicyclic amines) is 1. The number of primary amides is 1. The van der Waals surface area contributed by atoms with Crippen LogP contribution in [0, 0.1) is 5.92 Å². The van der Waals surface area contributed by atoms with Gasteiger partial charge in [-0.3, -0.25) is 4.79 Å². The van der Waals surface area contributed by atoms with Gasteiger partial charge in [-0.2, -0.15) is 0 Å². The largest absolute Gasteiger partial charge is 0.352 e. The topological polar surface area (TPSA) is 101 Å². The number of nitrogens with one attached hydrogen (secondary N) is 1. The summed E-state index contributed by atoms with van der Waals surface area (Å²) in [5.41, 5.74) is 11.2. The summed E-state index contributed by atoms with van der Waals surface area (Å²) in [7, 11) is 0. The van der Waals surface area contributed by atoms with Crippen molar-refractivity contribution in [2.75, 3.05) is 13.1 Å². The maximum Gasteiger partial charge on any atom is 0.312 e. The number of nitrogens with two attached hydrogens (primary N) is 2. The quantitative estimate of drug-likeness (QED) is 0.720. The number of nitrogens with zero attached hydrogens (tertiary/aromatic N) is 1. The van der Waals surface area contributed by atoms with E-state index in [0.29, 0.717) is 18.9 Å². The number of carbonyl (C=O) groups is 2. The van der Waals surface area contributed by atoms with Gasteiger partial charge in [0, 0.05) is 31.6 Å². The Kier molecular flexibility index (Phi) is 7.25. The van der Waals surface area contributed by atoms with Crippen LogP contribution in [0.25, 0.3) is 0 Å². The third-order valence-electron chi connectivity index (χ3n) is 4.61. The number of amides is 3. The molecule has 0 spiro atoms. The minimum atomic E-state index is -0.527. The van der Waals surface area contributed by atoms with Crippen molar-refractivity contribution in [3.8, 4) is 0 Å². The summed E-state index contributed by atoms with van der Waals surface area (Å²) in [6.07, 6.45) is 6.84. The molecule has 0 aromatic rings. The molecule has 0 aromatic heterocycles. The molecular formula is C14H27ClN4O2. The van der Waals surface area contributed by atoms with Crippen molar-refractivity contribution in [2.24, 2.45) is 17.4 Å². The van der Waals surface area contributed by atoms with E-state index in [9.17, 15) is 9.59 Å². The summed E-state index contributed by atoms with van der Waals surface area (Å²) in [5.74, 6) is 0.512. The monoisotopic (exact) mass is 318 g/mol. The average Bonchev–Trinajstić information content (AvgIpc) is 2.82. The van der Waals surface area contributed by atoms with Gasteiger partial charge in [0.15, 0.2) is 0 Å². The predicted octanol–water partition coefficient (Wildman–Crippen LogP) is 0.975. The molecule has 0 bridgehead atoms. The van der Waals surface area contributed by atoms with E-state index < -0.39 is 6.03 Å². The van der Waals surface area contributed by atoms with E-state index >= 15 is 0 Å². The molecule has 3 amide bonds. The molecule has 2 fully saturated rings. The number of rotatable bonds is 4. The lowest BCUT2D eigenvalue weighted by molar-refractivity contribution is -0.135. The van der Waals surface area contributed by atoms with Crippen molar-refractivity contribution in [3.63, 3.8) is 0 Å². The Hall–Kier alpha value is -1.01. The Morgan fingerprint density at radius 2 is 1.90 bits per heavy atom. The summed E-state index contributed by atoms with van der Waals surface area (Å²) in [6, 6.07) is -0.270. The zero-order valence-corrected chi connectivity index (χ0v) is 13.2. The van der Waals surface area contributed by atoms with Crippen molar-refractivity contribution in [1.29, 1.82) is 0 Å². The molecule has 1 aliphatic heterocycles. The number of halogens is 1. The van der Waals surface area contributed by atoms with E-state index in [2.05, 4.69) is 5.32 Å². The van der Waals surface area contributed by atoms with Gasteiger partial charge in [-0.25, -0.2) is 4.79 Å². The van der Waals surface area contributed by atoms with Gasteiger partial charge < -0.3 is 21.7 Å². The van der Waals surface area contributed by atoms with E-state index in [-0.39, 0.29) is 30.4 Å². The second-order valence-electron chi connectivity index (χ2n) is 6.04. The van der Waals surface area contributed by atoms with Gasteiger partial charge in [0.05, 0.1) is 0 Å². The van der Waals surface area contributed by atoms with Crippen LogP contribution < -0.4 is 16.8 Å². The molecular weight excluding hydrogens is 292 g/mol. The first kappa shape index (κ1) is 18.0. The Bertz CT molecular complexity index is 367. The highest BCUT2D eigenvalue weighted by atomic mass is 35.5. The molecule has 6 nitrogen and oxygen atoms in total. The first-order chi connectivity index (χ1) is 9.58. The Balaban J connectivity index is 0.00000220. The lowest BCUT2D eigenvalue weighted by atomic mass is 9.96. The maximum absolute atomic E-state index is 12.5. The third-order valence-corrected chi connectivity index (χ3v) is 4.61. The summed E-state index contributed by atoms with van der Waals surface area (Å²) >= 11 is 0. The molecule has 5 N–H and O–H groups in total. The summed E-state index contributed by atoms with van der Waals surface area (Å²) < 4.78 is 0. The van der Waals surface area contributed by atoms with Crippen LogP contribution in [0.2, 0.25) is 0 Å². The second kappa shape index (κ2) is 8.44. The average molecular weight is 319 g/mol. The molecule has 1 unspecified atom stereocenters. The molecule has 1 saturated carbocycles. The third kappa shape index (κ3) is 5.04. The zero-order chi connectivity index (χ0) is 14.5. The van der Waals surface area contributed by atoms with Crippen LogP contribution in [0.1, 0.15) is 44.9 Å². The number of hydrogen-bond donors (Lipinski definition) is 3. The van der Waals surface area contributed by atoms with Crippen LogP contribution >= 0.6 is 12.4 Å². The minimum Gasteiger partial charge on any atom is -0.352 e. The number of piperidine rings is 1. The fourth-order valence-corrected chi connectivity index (χ4v) is 3.42. The maximum atomic E-state index is 12.5. The molecule has 1 heterocycles. The van der Waals surface area contributed by atoms with Gasteiger partial charge in [-0.1, -0.05) is 6.42 Å². The summed E-state index contributed by atoms with van der Waals surface area (Å²) in [5, 5.41) is 2.62. The first-order valence-electron chi connectivity index (χ1n) is 7.66. The highest BCUT2D eigenvalue weighted by Crippen LogP contribution is 2.28. The van der Waals surface area contributed by atoms with Crippen molar-refractivity contribution in [2.45, 2.75) is 57.0 Å². The number of urea groups is 1. The normalized spacial score (nSPS) is 28.8. The van der Waals surface area contributed by atoms with Crippen LogP contribution in [0.3, 0.4) is 0 Å². The number of carbonyl (C=O) groups excluding carboxylic acids is 2. The Morgan fingerprint density at radius 1 is 1.14 bits per heavy atom. The predicted molar refractivity (Wildman–Crippen MR) is 84.1 cm³/mol. The van der Waals surface area contributed by atoms with Crippen LogP contribution in [0.5, 0.6) is 0 Å². The lowest BCUT2D eigenvalue weighted by Gasteiger charge is -2.36.